The van der Waals surface area contributed by atoms with E-state index >= 15 is 0 Å². The SMILES string of the molecule is Cl.NCCCCCCC(=O)Nc1ccc(CS(N)(=O)=O)cc1. The third-order valence-electron chi connectivity index (χ3n) is 2.96. The van der Waals surface area contributed by atoms with Crippen LogP contribution in [0.3, 0.4) is 0 Å². The fourth-order valence-electron chi connectivity index (χ4n) is 1.92. The molecular formula is C14H24ClN3O3S. The Morgan fingerprint density at radius 1 is 1.05 bits per heavy atom. The average molecular weight is 350 g/mol. The molecular weight excluding hydrogens is 326 g/mol. The highest BCUT2D eigenvalue weighted by molar-refractivity contribution is 7.88. The molecule has 1 amide bonds. The molecule has 0 saturated heterocycles. The molecule has 1 rings (SSSR count). The van der Waals surface area contributed by atoms with Crippen LogP contribution >= 0.6 is 12.4 Å². The number of unbranched alkanes of at least 4 members (excludes halogenated alkanes) is 3. The van der Waals surface area contributed by atoms with Gasteiger partial charge in [0.1, 0.15) is 0 Å². The van der Waals surface area contributed by atoms with E-state index in [-0.39, 0.29) is 24.1 Å². The Morgan fingerprint density at radius 3 is 2.18 bits per heavy atom. The van der Waals surface area contributed by atoms with Crippen molar-refractivity contribution in [3.05, 3.63) is 29.8 Å². The quantitative estimate of drug-likeness (QED) is 0.589. The minimum Gasteiger partial charge on any atom is -0.330 e. The van der Waals surface area contributed by atoms with Crippen molar-refractivity contribution >= 4 is 34.0 Å². The molecule has 0 spiro atoms. The molecule has 6 nitrogen and oxygen atoms in total. The van der Waals surface area contributed by atoms with Crippen LogP contribution in [0.5, 0.6) is 0 Å². The minimum atomic E-state index is -3.53. The molecule has 5 N–H and O–H groups in total. The number of nitrogens with one attached hydrogen (secondary N) is 1. The van der Waals surface area contributed by atoms with E-state index in [9.17, 15) is 13.2 Å². The third-order valence-corrected chi connectivity index (χ3v) is 3.70. The number of carbonyl (C=O) groups is 1. The number of rotatable bonds is 9. The van der Waals surface area contributed by atoms with Crippen LogP contribution < -0.4 is 16.2 Å². The highest BCUT2D eigenvalue weighted by Gasteiger charge is 2.06. The Balaban J connectivity index is 0.00000441. The summed E-state index contributed by atoms with van der Waals surface area (Å²) in [5.74, 6) is -0.246. The van der Waals surface area contributed by atoms with Gasteiger partial charge < -0.3 is 11.1 Å². The monoisotopic (exact) mass is 349 g/mol. The van der Waals surface area contributed by atoms with Crippen molar-refractivity contribution < 1.29 is 13.2 Å². The molecule has 0 atom stereocenters. The molecule has 0 bridgehead atoms. The highest BCUT2D eigenvalue weighted by Crippen LogP contribution is 2.12. The first-order valence-corrected chi connectivity index (χ1v) is 8.71. The lowest BCUT2D eigenvalue weighted by molar-refractivity contribution is -0.116. The van der Waals surface area contributed by atoms with Gasteiger partial charge >= 0.3 is 0 Å². The van der Waals surface area contributed by atoms with Gasteiger partial charge in [0.2, 0.25) is 15.9 Å². The second-order valence-electron chi connectivity index (χ2n) is 5.01. The van der Waals surface area contributed by atoms with Crippen molar-refractivity contribution in [3.8, 4) is 0 Å². The molecule has 0 fully saturated rings. The first-order chi connectivity index (χ1) is 9.90. The van der Waals surface area contributed by atoms with Crippen molar-refractivity contribution in [1.82, 2.24) is 0 Å². The fourth-order valence-corrected chi connectivity index (χ4v) is 2.58. The Bertz CT molecular complexity index is 547. The highest BCUT2D eigenvalue weighted by atomic mass is 35.5. The summed E-state index contributed by atoms with van der Waals surface area (Å²) in [5.41, 5.74) is 6.65. The van der Waals surface area contributed by atoms with Gasteiger partial charge in [-0.2, -0.15) is 0 Å². The summed E-state index contributed by atoms with van der Waals surface area (Å²) in [5, 5.41) is 7.75. The normalized spacial score (nSPS) is 10.8. The number of hydrogen-bond donors (Lipinski definition) is 3. The second-order valence-corrected chi connectivity index (χ2v) is 6.62. The maximum absolute atomic E-state index is 11.7. The van der Waals surface area contributed by atoms with Crippen molar-refractivity contribution in [2.75, 3.05) is 11.9 Å². The third kappa shape index (κ3) is 9.73. The number of sulfonamides is 1. The van der Waals surface area contributed by atoms with Crippen molar-refractivity contribution in [1.29, 1.82) is 0 Å². The molecule has 0 saturated carbocycles. The van der Waals surface area contributed by atoms with Gasteiger partial charge in [0, 0.05) is 12.1 Å². The number of carbonyl (C=O) groups excluding carboxylic acids is 1. The van der Waals surface area contributed by atoms with Crippen molar-refractivity contribution in [3.63, 3.8) is 0 Å². The summed E-state index contributed by atoms with van der Waals surface area (Å²) in [7, 11) is -3.53. The average Bonchev–Trinajstić information content (AvgIpc) is 2.39. The van der Waals surface area contributed by atoms with Gasteiger partial charge in [0.25, 0.3) is 0 Å². The molecule has 22 heavy (non-hydrogen) atoms. The Morgan fingerprint density at radius 2 is 1.64 bits per heavy atom. The van der Waals surface area contributed by atoms with Gasteiger partial charge in [-0.1, -0.05) is 25.0 Å². The van der Waals surface area contributed by atoms with Gasteiger partial charge in [0.15, 0.2) is 0 Å². The maximum Gasteiger partial charge on any atom is 0.224 e. The predicted molar refractivity (Wildman–Crippen MR) is 91.3 cm³/mol. The summed E-state index contributed by atoms with van der Waals surface area (Å²) in [6.45, 7) is 0.692. The number of primary sulfonamides is 1. The summed E-state index contributed by atoms with van der Waals surface area (Å²) < 4.78 is 21.9. The van der Waals surface area contributed by atoms with Crippen LogP contribution in [0.2, 0.25) is 0 Å². The zero-order chi connectivity index (χ0) is 15.7. The molecule has 1 aromatic carbocycles. The summed E-state index contributed by atoms with van der Waals surface area (Å²) >= 11 is 0. The molecule has 0 unspecified atom stereocenters. The molecule has 0 heterocycles. The molecule has 8 heteroatoms. The van der Waals surface area contributed by atoms with Crippen molar-refractivity contribution in [2.45, 2.75) is 37.9 Å². The van der Waals surface area contributed by atoms with E-state index in [1.807, 2.05) is 0 Å². The van der Waals surface area contributed by atoms with E-state index in [4.69, 9.17) is 10.9 Å². The van der Waals surface area contributed by atoms with E-state index in [2.05, 4.69) is 5.32 Å². The van der Waals surface area contributed by atoms with E-state index in [1.165, 1.54) is 0 Å². The summed E-state index contributed by atoms with van der Waals surface area (Å²) in [6, 6.07) is 6.63. The molecule has 126 valence electrons. The van der Waals surface area contributed by atoms with E-state index < -0.39 is 10.0 Å². The van der Waals surface area contributed by atoms with Crippen molar-refractivity contribution in [2.24, 2.45) is 10.9 Å². The maximum atomic E-state index is 11.7. The van der Waals surface area contributed by atoms with Gasteiger partial charge in [-0.3, -0.25) is 4.79 Å². The lowest BCUT2D eigenvalue weighted by atomic mass is 10.1. The lowest BCUT2D eigenvalue weighted by Gasteiger charge is -2.06. The minimum absolute atomic E-state index is 0. The number of amides is 1. The molecule has 0 aliphatic heterocycles. The molecule has 0 aromatic heterocycles. The van der Waals surface area contributed by atoms with E-state index in [0.29, 0.717) is 24.2 Å². The van der Waals surface area contributed by atoms with Crippen LogP contribution in [0.1, 0.15) is 37.7 Å². The molecule has 0 radical (unpaired) electrons. The number of hydrogen-bond acceptors (Lipinski definition) is 4. The van der Waals surface area contributed by atoms with Crippen LogP contribution in [0.25, 0.3) is 0 Å². The largest absolute Gasteiger partial charge is 0.330 e. The smallest absolute Gasteiger partial charge is 0.224 e. The lowest BCUT2D eigenvalue weighted by Crippen LogP contribution is -2.14. The van der Waals surface area contributed by atoms with Gasteiger partial charge in [-0.05, 0) is 37.1 Å². The zero-order valence-corrected chi connectivity index (χ0v) is 14.1. The number of nitrogens with two attached hydrogens (primary N) is 2. The van der Waals surface area contributed by atoms with Crippen LogP contribution in [-0.4, -0.2) is 20.9 Å². The fraction of sp³-hybridized carbons (Fsp3) is 0.500. The number of benzene rings is 1. The zero-order valence-electron chi connectivity index (χ0n) is 12.5. The van der Waals surface area contributed by atoms with Gasteiger partial charge in [0.05, 0.1) is 5.75 Å². The Kier molecular flexibility index (Phi) is 10.0. The van der Waals surface area contributed by atoms with Gasteiger partial charge in [-0.25, -0.2) is 13.6 Å². The van der Waals surface area contributed by atoms with Crippen LogP contribution in [0, 0.1) is 0 Å². The topological polar surface area (TPSA) is 115 Å². The molecule has 0 aliphatic carbocycles. The van der Waals surface area contributed by atoms with E-state index in [0.717, 1.165) is 25.7 Å². The summed E-state index contributed by atoms with van der Waals surface area (Å²) in [6.07, 6.45) is 4.36. The van der Waals surface area contributed by atoms with Crippen LogP contribution in [0.4, 0.5) is 5.69 Å². The predicted octanol–water partition coefficient (Wildman–Crippen LogP) is 1.74. The first-order valence-electron chi connectivity index (χ1n) is 7.00. The van der Waals surface area contributed by atoms with Crippen LogP contribution in [0.15, 0.2) is 24.3 Å². The number of halogens is 1. The van der Waals surface area contributed by atoms with Crippen LogP contribution in [-0.2, 0) is 20.6 Å². The summed E-state index contributed by atoms with van der Waals surface area (Å²) in [4.78, 5) is 11.7. The first kappa shape index (κ1) is 20.9. The second kappa shape index (κ2) is 10.6. The standard InChI is InChI=1S/C14H23N3O3S.ClH/c15-10-4-2-1-3-5-14(18)17-13-8-6-12(7-9-13)11-21(16,19)20;/h6-9H,1-5,10-11,15H2,(H,17,18)(H2,16,19,20);1H. The Hall–Kier alpha value is -1.15. The Labute approximate surface area is 138 Å². The molecule has 1 aromatic rings. The molecule has 0 aliphatic rings. The van der Waals surface area contributed by atoms with E-state index in [1.54, 1.807) is 24.3 Å². The van der Waals surface area contributed by atoms with Gasteiger partial charge in [-0.15, -0.1) is 12.4 Å². The number of anilines is 1.